The van der Waals surface area contributed by atoms with E-state index in [0.29, 0.717) is 26.1 Å². The van der Waals surface area contributed by atoms with Gasteiger partial charge in [0.25, 0.3) is 0 Å². The summed E-state index contributed by atoms with van der Waals surface area (Å²) in [5.41, 5.74) is 0.758. The molecular formula is C16H24N2O4S. The topological polar surface area (TPSA) is 75.7 Å². The molecule has 7 heteroatoms. The molecule has 0 radical (unpaired) electrons. The Morgan fingerprint density at radius 1 is 1.17 bits per heavy atom. The molecule has 1 saturated heterocycles. The van der Waals surface area contributed by atoms with Gasteiger partial charge in [0.05, 0.1) is 4.90 Å². The lowest BCUT2D eigenvalue weighted by Crippen LogP contribution is -2.35. The van der Waals surface area contributed by atoms with Gasteiger partial charge in [0.2, 0.25) is 15.9 Å². The van der Waals surface area contributed by atoms with Gasteiger partial charge < -0.3 is 9.64 Å². The highest BCUT2D eigenvalue weighted by molar-refractivity contribution is 7.89. The van der Waals surface area contributed by atoms with E-state index in [1.54, 1.807) is 36.3 Å². The molecule has 0 unspecified atom stereocenters. The Labute approximate surface area is 137 Å². The number of hydrogen-bond acceptors (Lipinski definition) is 4. The Kier molecular flexibility index (Phi) is 6.56. The van der Waals surface area contributed by atoms with E-state index in [0.717, 1.165) is 31.4 Å². The van der Waals surface area contributed by atoms with Gasteiger partial charge >= 0.3 is 0 Å². The van der Waals surface area contributed by atoms with Crippen LogP contribution < -0.4 is 9.62 Å². The molecule has 1 aromatic rings. The van der Waals surface area contributed by atoms with Crippen LogP contribution in [0.15, 0.2) is 29.2 Å². The molecule has 23 heavy (non-hydrogen) atoms. The Balaban J connectivity index is 1.96. The fraction of sp³-hybridized carbons (Fsp3) is 0.562. The Morgan fingerprint density at radius 3 is 2.57 bits per heavy atom. The maximum Gasteiger partial charge on any atom is 0.240 e. The van der Waals surface area contributed by atoms with Gasteiger partial charge in [-0.1, -0.05) is 0 Å². The molecule has 1 N–H and O–H groups in total. The number of anilines is 1. The molecule has 0 atom stereocenters. The summed E-state index contributed by atoms with van der Waals surface area (Å²) < 4.78 is 31.9. The van der Waals surface area contributed by atoms with Crippen LogP contribution in [0.2, 0.25) is 0 Å². The zero-order valence-corrected chi connectivity index (χ0v) is 14.3. The van der Waals surface area contributed by atoms with Crippen molar-refractivity contribution in [3.05, 3.63) is 24.3 Å². The van der Waals surface area contributed by atoms with E-state index in [2.05, 4.69) is 4.72 Å². The van der Waals surface area contributed by atoms with Crippen LogP contribution in [-0.2, 0) is 19.6 Å². The van der Waals surface area contributed by atoms with Gasteiger partial charge in [-0.2, -0.15) is 0 Å². The number of benzene rings is 1. The quantitative estimate of drug-likeness (QED) is 0.734. The number of amides is 1. The van der Waals surface area contributed by atoms with Crippen LogP contribution in [0.3, 0.4) is 0 Å². The second-order valence-electron chi connectivity index (χ2n) is 5.59. The third-order valence-corrected chi connectivity index (χ3v) is 5.33. The van der Waals surface area contributed by atoms with Crippen molar-refractivity contribution in [1.29, 1.82) is 0 Å². The second-order valence-corrected chi connectivity index (χ2v) is 7.36. The average molecular weight is 340 g/mol. The van der Waals surface area contributed by atoms with Crippen molar-refractivity contribution in [3.8, 4) is 0 Å². The zero-order chi connectivity index (χ0) is 16.7. The number of carbonyl (C=O) groups is 1. The molecule has 128 valence electrons. The fourth-order valence-corrected chi connectivity index (χ4v) is 3.62. The number of carbonyl (C=O) groups excluding carboxylic acids is 1. The minimum absolute atomic E-state index is 0.100. The second kappa shape index (κ2) is 8.42. The van der Waals surface area contributed by atoms with E-state index in [1.165, 1.54) is 0 Å². The van der Waals surface area contributed by atoms with E-state index in [9.17, 15) is 13.2 Å². The summed E-state index contributed by atoms with van der Waals surface area (Å²) in [5.74, 6) is 0.100. The summed E-state index contributed by atoms with van der Waals surface area (Å²) in [6.07, 6.45) is 4.01. The van der Waals surface area contributed by atoms with Crippen molar-refractivity contribution >= 4 is 21.6 Å². The lowest BCUT2D eigenvalue weighted by molar-refractivity contribution is -0.119. The highest BCUT2D eigenvalue weighted by atomic mass is 32.2. The first-order valence-electron chi connectivity index (χ1n) is 7.93. The minimum atomic E-state index is -3.50. The molecule has 1 amide bonds. The molecule has 0 aromatic heterocycles. The maximum atomic E-state index is 12.2. The van der Waals surface area contributed by atoms with Gasteiger partial charge in [0.1, 0.15) is 0 Å². The monoisotopic (exact) mass is 340 g/mol. The Morgan fingerprint density at radius 2 is 1.91 bits per heavy atom. The van der Waals surface area contributed by atoms with Crippen molar-refractivity contribution in [1.82, 2.24) is 4.72 Å². The van der Waals surface area contributed by atoms with E-state index >= 15 is 0 Å². The molecular weight excluding hydrogens is 316 g/mol. The molecule has 0 aliphatic carbocycles. The van der Waals surface area contributed by atoms with Gasteiger partial charge in [-0.25, -0.2) is 13.1 Å². The van der Waals surface area contributed by atoms with Crippen molar-refractivity contribution in [3.63, 3.8) is 0 Å². The number of piperidine rings is 1. The standard InChI is InChI=1S/C16H24N2O4S/c1-22-13-5-3-11-17-23(20,21)15-9-7-14(8-10-15)18-12-4-2-6-16(18)19/h7-10,17H,2-6,11-13H2,1H3. The van der Waals surface area contributed by atoms with E-state index in [-0.39, 0.29) is 10.8 Å². The number of nitrogens with zero attached hydrogens (tertiary/aromatic N) is 1. The smallest absolute Gasteiger partial charge is 0.240 e. The number of rotatable bonds is 8. The number of methoxy groups -OCH3 is 1. The minimum Gasteiger partial charge on any atom is -0.385 e. The summed E-state index contributed by atoms with van der Waals surface area (Å²) in [4.78, 5) is 13.8. The average Bonchev–Trinajstić information content (AvgIpc) is 2.55. The molecule has 1 fully saturated rings. The summed E-state index contributed by atoms with van der Waals surface area (Å²) in [6.45, 7) is 1.71. The fourth-order valence-electron chi connectivity index (χ4n) is 2.55. The van der Waals surface area contributed by atoms with Crippen LogP contribution in [-0.4, -0.2) is 41.1 Å². The van der Waals surface area contributed by atoms with Crippen LogP contribution in [0.5, 0.6) is 0 Å². The molecule has 1 heterocycles. The van der Waals surface area contributed by atoms with Gasteiger partial charge in [-0.05, 0) is 49.9 Å². The van der Waals surface area contributed by atoms with E-state index in [1.807, 2.05) is 0 Å². The first kappa shape index (κ1) is 17.9. The molecule has 1 aliphatic heterocycles. The van der Waals surface area contributed by atoms with Crippen molar-refractivity contribution in [2.75, 3.05) is 31.7 Å². The SMILES string of the molecule is COCCCCNS(=O)(=O)c1ccc(N2CCCCC2=O)cc1. The van der Waals surface area contributed by atoms with Crippen LogP contribution in [0.1, 0.15) is 32.1 Å². The lowest BCUT2D eigenvalue weighted by Gasteiger charge is -2.26. The van der Waals surface area contributed by atoms with Crippen LogP contribution in [0.4, 0.5) is 5.69 Å². The van der Waals surface area contributed by atoms with E-state index in [4.69, 9.17) is 4.74 Å². The summed E-state index contributed by atoms with van der Waals surface area (Å²) in [6, 6.07) is 6.49. The van der Waals surface area contributed by atoms with Crippen LogP contribution >= 0.6 is 0 Å². The van der Waals surface area contributed by atoms with Crippen molar-refractivity contribution < 1.29 is 17.9 Å². The normalized spacial score (nSPS) is 15.9. The number of hydrogen-bond donors (Lipinski definition) is 1. The highest BCUT2D eigenvalue weighted by Gasteiger charge is 2.20. The first-order chi connectivity index (χ1) is 11.0. The number of sulfonamides is 1. The first-order valence-corrected chi connectivity index (χ1v) is 9.42. The zero-order valence-electron chi connectivity index (χ0n) is 13.5. The summed E-state index contributed by atoms with van der Waals surface area (Å²) in [7, 11) is -1.88. The van der Waals surface area contributed by atoms with Gasteiger partial charge in [0.15, 0.2) is 0 Å². The van der Waals surface area contributed by atoms with Gasteiger partial charge in [0, 0.05) is 38.9 Å². The van der Waals surface area contributed by atoms with Crippen molar-refractivity contribution in [2.24, 2.45) is 0 Å². The van der Waals surface area contributed by atoms with Crippen LogP contribution in [0.25, 0.3) is 0 Å². The molecule has 0 saturated carbocycles. The number of nitrogens with one attached hydrogen (secondary N) is 1. The lowest BCUT2D eigenvalue weighted by atomic mass is 10.1. The van der Waals surface area contributed by atoms with Crippen LogP contribution in [0, 0.1) is 0 Å². The molecule has 6 nitrogen and oxygen atoms in total. The molecule has 1 aliphatic rings. The predicted octanol–water partition coefficient (Wildman–Crippen LogP) is 1.91. The third-order valence-electron chi connectivity index (χ3n) is 3.85. The summed E-state index contributed by atoms with van der Waals surface area (Å²) in [5, 5.41) is 0. The Hall–Kier alpha value is -1.44. The molecule has 0 spiro atoms. The predicted molar refractivity (Wildman–Crippen MR) is 88.9 cm³/mol. The molecule has 2 rings (SSSR count). The maximum absolute atomic E-state index is 12.2. The van der Waals surface area contributed by atoms with E-state index < -0.39 is 10.0 Å². The van der Waals surface area contributed by atoms with Gasteiger partial charge in [-0.15, -0.1) is 0 Å². The number of unbranched alkanes of at least 4 members (excludes halogenated alkanes) is 1. The largest absolute Gasteiger partial charge is 0.385 e. The third kappa shape index (κ3) is 5.02. The van der Waals surface area contributed by atoms with Gasteiger partial charge in [-0.3, -0.25) is 4.79 Å². The molecule has 0 bridgehead atoms. The number of ether oxygens (including phenoxy) is 1. The molecule has 1 aromatic carbocycles. The highest BCUT2D eigenvalue weighted by Crippen LogP contribution is 2.22. The Bertz CT molecular complexity index is 613. The summed E-state index contributed by atoms with van der Waals surface area (Å²) >= 11 is 0. The van der Waals surface area contributed by atoms with Crippen molar-refractivity contribution in [2.45, 2.75) is 37.0 Å².